The maximum Gasteiger partial charge on any atom is 0.322 e. The number of carboxylic acid groups (broad SMARTS) is 1. The molecule has 106 valence electrons. The minimum Gasteiger partial charge on any atom is -0.480 e. The zero-order chi connectivity index (χ0) is 14.5. The second kappa shape index (κ2) is 6.18. The predicted molar refractivity (Wildman–Crippen MR) is 72.1 cm³/mol. The predicted octanol–water partition coefficient (Wildman–Crippen LogP) is 0.778. The number of carbonyl (C=O) groups excluding carboxylic acids is 2. The highest BCUT2D eigenvalue weighted by molar-refractivity contribution is 5.94. The summed E-state index contributed by atoms with van der Waals surface area (Å²) >= 11 is 0. The van der Waals surface area contributed by atoms with Crippen LogP contribution in [0.1, 0.15) is 18.4 Å². The molecule has 1 aromatic carbocycles. The summed E-state index contributed by atoms with van der Waals surface area (Å²) in [4.78, 5) is 33.3. The van der Waals surface area contributed by atoms with Gasteiger partial charge >= 0.3 is 5.97 Å². The molecule has 0 radical (unpaired) electrons. The largest absolute Gasteiger partial charge is 0.480 e. The molecule has 2 amide bonds. The number of aliphatic carboxylic acids is 1. The average molecular weight is 276 g/mol. The van der Waals surface area contributed by atoms with Crippen molar-refractivity contribution in [1.29, 1.82) is 0 Å². The van der Waals surface area contributed by atoms with Gasteiger partial charge in [-0.05, 0) is 30.5 Å². The van der Waals surface area contributed by atoms with E-state index in [4.69, 9.17) is 5.11 Å². The van der Waals surface area contributed by atoms with Crippen molar-refractivity contribution in [2.45, 2.75) is 19.3 Å². The van der Waals surface area contributed by atoms with Crippen LogP contribution in [0.15, 0.2) is 24.3 Å². The molecule has 0 aliphatic heterocycles. The fraction of sp³-hybridized carbons (Fsp3) is 0.357. The van der Waals surface area contributed by atoms with Gasteiger partial charge in [0.15, 0.2) is 0 Å². The molecule has 0 heterocycles. The molecule has 0 spiro atoms. The van der Waals surface area contributed by atoms with Gasteiger partial charge < -0.3 is 15.7 Å². The van der Waals surface area contributed by atoms with Crippen LogP contribution in [0.25, 0.3) is 0 Å². The van der Waals surface area contributed by atoms with Gasteiger partial charge in [0.25, 0.3) is 0 Å². The molecule has 2 rings (SSSR count). The van der Waals surface area contributed by atoms with Gasteiger partial charge in [-0.1, -0.05) is 12.1 Å². The van der Waals surface area contributed by atoms with Crippen molar-refractivity contribution in [3.8, 4) is 0 Å². The van der Waals surface area contributed by atoms with Gasteiger partial charge in [0, 0.05) is 11.6 Å². The van der Waals surface area contributed by atoms with E-state index in [0.29, 0.717) is 5.69 Å². The van der Waals surface area contributed by atoms with Crippen molar-refractivity contribution >= 4 is 23.5 Å². The maximum absolute atomic E-state index is 11.6. The standard InChI is InChI=1S/C14H16N2O4/c17-12(15-8-13(18)19)7-9-1-5-11(6-2-9)16-14(20)10-3-4-10/h1-2,5-6,10H,3-4,7-8H2,(H,15,17)(H,16,20)(H,18,19). The van der Waals surface area contributed by atoms with E-state index in [1.807, 2.05) is 0 Å². The Labute approximate surface area is 116 Å². The third kappa shape index (κ3) is 4.38. The highest BCUT2D eigenvalue weighted by atomic mass is 16.4. The van der Waals surface area contributed by atoms with Crippen LogP contribution in [-0.4, -0.2) is 29.4 Å². The van der Waals surface area contributed by atoms with E-state index in [0.717, 1.165) is 18.4 Å². The molecule has 0 saturated heterocycles. The lowest BCUT2D eigenvalue weighted by atomic mass is 10.1. The minimum atomic E-state index is -1.07. The first-order valence-electron chi connectivity index (χ1n) is 6.43. The smallest absolute Gasteiger partial charge is 0.322 e. The SMILES string of the molecule is O=C(O)CNC(=O)Cc1ccc(NC(=O)C2CC2)cc1. The normalized spacial score (nSPS) is 13.6. The Hall–Kier alpha value is -2.37. The Morgan fingerprint density at radius 1 is 1.15 bits per heavy atom. The molecule has 1 fully saturated rings. The Bertz CT molecular complexity index is 520. The first kappa shape index (κ1) is 14.0. The zero-order valence-corrected chi connectivity index (χ0v) is 10.9. The first-order valence-corrected chi connectivity index (χ1v) is 6.43. The second-order valence-corrected chi connectivity index (χ2v) is 4.81. The lowest BCUT2D eigenvalue weighted by Crippen LogP contribution is -2.30. The summed E-state index contributed by atoms with van der Waals surface area (Å²) < 4.78 is 0. The summed E-state index contributed by atoms with van der Waals surface area (Å²) in [7, 11) is 0. The number of hydrogen-bond donors (Lipinski definition) is 3. The molecule has 0 unspecified atom stereocenters. The number of carboxylic acids is 1. The van der Waals surface area contributed by atoms with Crippen molar-refractivity contribution < 1.29 is 19.5 Å². The van der Waals surface area contributed by atoms with Crippen molar-refractivity contribution in [3.05, 3.63) is 29.8 Å². The Morgan fingerprint density at radius 3 is 2.35 bits per heavy atom. The molecular weight excluding hydrogens is 260 g/mol. The van der Waals surface area contributed by atoms with Crippen LogP contribution in [0.2, 0.25) is 0 Å². The third-order valence-corrected chi connectivity index (χ3v) is 2.97. The van der Waals surface area contributed by atoms with E-state index in [-0.39, 0.29) is 30.7 Å². The molecule has 0 aromatic heterocycles. The van der Waals surface area contributed by atoms with Crippen LogP contribution in [0.5, 0.6) is 0 Å². The lowest BCUT2D eigenvalue weighted by molar-refractivity contribution is -0.137. The van der Waals surface area contributed by atoms with E-state index < -0.39 is 5.97 Å². The van der Waals surface area contributed by atoms with E-state index >= 15 is 0 Å². The van der Waals surface area contributed by atoms with E-state index in [1.165, 1.54) is 0 Å². The van der Waals surface area contributed by atoms with Gasteiger partial charge in [-0.15, -0.1) is 0 Å². The van der Waals surface area contributed by atoms with Gasteiger partial charge in [0.2, 0.25) is 11.8 Å². The zero-order valence-electron chi connectivity index (χ0n) is 10.9. The molecule has 6 heteroatoms. The highest BCUT2D eigenvalue weighted by Crippen LogP contribution is 2.30. The number of amides is 2. The second-order valence-electron chi connectivity index (χ2n) is 4.81. The number of anilines is 1. The fourth-order valence-corrected chi connectivity index (χ4v) is 1.72. The summed E-state index contributed by atoms with van der Waals surface area (Å²) in [5.41, 5.74) is 1.47. The van der Waals surface area contributed by atoms with Crippen molar-refractivity contribution in [2.24, 2.45) is 5.92 Å². The number of nitrogens with one attached hydrogen (secondary N) is 2. The number of carbonyl (C=O) groups is 3. The maximum atomic E-state index is 11.6. The van der Waals surface area contributed by atoms with E-state index in [1.54, 1.807) is 24.3 Å². The Morgan fingerprint density at radius 2 is 1.80 bits per heavy atom. The quantitative estimate of drug-likeness (QED) is 0.715. The van der Waals surface area contributed by atoms with Crippen LogP contribution in [0, 0.1) is 5.92 Å². The van der Waals surface area contributed by atoms with Crippen molar-refractivity contribution in [2.75, 3.05) is 11.9 Å². The third-order valence-electron chi connectivity index (χ3n) is 2.97. The van der Waals surface area contributed by atoms with Gasteiger partial charge in [0.05, 0.1) is 6.42 Å². The number of rotatable bonds is 6. The molecule has 1 aliphatic rings. The van der Waals surface area contributed by atoms with Crippen LogP contribution in [-0.2, 0) is 20.8 Å². The molecule has 20 heavy (non-hydrogen) atoms. The van der Waals surface area contributed by atoms with Crippen molar-refractivity contribution in [3.63, 3.8) is 0 Å². The van der Waals surface area contributed by atoms with Gasteiger partial charge in [-0.25, -0.2) is 0 Å². The Kier molecular flexibility index (Phi) is 4.34. The molecule has 1 aliphatic carbocycles. The van der Waals surface area contributed by atoms with Gasteiger partial charge in [-0.3, -0.25) is 14.4 Å². The topological polar surface area (TPSA) is 95.5 Å². The summed E-state index contributed by atoms with van der Waals surface area (Å²) in [5, 5.41) is 13.5. The minimum absolute atomic E-state index is 0.0388. The average Bonchev–Trinajstić information content (AvgIpc) is 3.23. The van der Waals surface area contributed by atoms with E-state index in [2.05, 4.69) is 10.6 Å². The number of hydrogen-bond acceptors (Lipinski definition) is 3. The van der Waals surface area contributed by atoms with Crippen molar-refractivity contribution in [1.82, 2.24) is 5.32 Å². The summed E-state index contributed by atoms with van der Waals surface area (Å²) in [6, 6.07) is 6.95. The molecule has 3 N–H and O–H groups in total. The molecule has 0 bridgehead atoms. The van der Waals surface area contributed by atoms with Crippen LogP contribution in [0.3, 0.4) is 0 Å². The molecule has 1 saturated carbocycles. The molecule has 1 aromatic rings. The summed E-state index contributed by atoms with van der Waals surface area (Å²) in [5.74, 6) is -1.23. The highest BCUT2D eigenvalue weighted by Gasteiger charge is 2.29. The van der Waals surface area contributed by atoms with Crippen LogP contribution >= 0.6 is 0 Å². The lowest BCUT2D eigenvalue weighted by Gasteiger charge is -2.06. The summed E-state index contributed by atoms with van der Waals surface area (Å²) in [6.07, 6.45) is 2.02. The Balaban J connectivity index is 1.82. The summed E-state index contributed by atoms with van der Waals surface area (Å²) in [6.45, 7) is -0.381. The van der Waals surface area contributed by atoms with E-state index in [9.17, 15) is 14.4 Å². The molecule has 0 atom stereocenters. The molecule has 6 nitrogen and oxygen atoms in total. The monoisotopic (exact) mass is 276 g/mol. The first-order chi connectivity index (χ1) is 9.54. The molecular formula is C14H16N2O4. The fourth-order valence-electron chi connectivity index (χ4n) is 1.72. The van der Waals surface area contributed by atoms with Gasteiger partial charge in [-0.2, -0.15) is 0 Å². The van der Waals surface area contributed by atoms with Crippen LogP contribution < -0.4 is 10.6 Å². The van der Waals surface area contributed by atoms with Crippen LogP contribution in [0.4, 0.5) is 5.69 Å². The number of benzene rings is 1. The van der Waals surface area contributed by atoms with Gasteiger partial charge in [0.1, 0.15) is 6.54 Å².